The number of ketones is 1. The van der Waals surface area contributed by atoms with Crippen molar-refractivity contribution in [1.82, 2.24) is 14.7 Å². The van der Waals surface area contributed by atoms with Crippen molar-refractivity contribution in [3.63, 3.8) is 0 Å². The van der Waals surface area contributed by atoms with E-state index in [2.05, 4.69) is 48.4 Å². The van der Waals surface area contributed by atoms with Crippen molar-refractivity contribution in [2.75, 3.05) is 23.4 Å². The van der Waals surface area contributed by atoms with Gasteiger partial charge in [0.25, 0.3) is 0 Å². The van der Waals surface area contributed by atoms with Gasteiger partial charge in [-0.1, -0.05) is 62.7 Å². The molecule has 2 unspecified atom stereocenters. The number of amides is 2. The molecule has 4 aromatic rings. The SMILES string of the molecule is Cc1ccc(-n2nc(C(C)(C)C)cc2NC(=O)Nc2cccc(CC3CC4CCC(C3)N4CC(=O)c3ccc(S(C)(=O)=O)cc3)c2)cc1. The third kappa shape index (κ3) is 7.71. The van der Waals surface area contributed by atoms with Gasteiger partial charge in [0.2, 0.25) is 0 Å². The highest BCUT2D eigenvalue weighted by atomic mass is 32.2. The number of Topliss-reactive ketones (excluding diaryl/α,β-unsaturated/α-hetero) is 1. The Hall–Kier alpha value is -4.28. The van der Waals surface area contributed by atoms with E-state index in [0.29, 0.717) is 35.9 Å². The number of fused-ring (bicyclic) bond motifs is 2. The Labute approximate surface area is 283 Å². The molecule has 2 N–H and O–H groups in total. The van der Waals surface area contributed by atoms with Gasteiger partial charge >= 0.3 is 6.03 Å². The fraction of sp³-hybridized carbons (Fsp3) is 0.395. The molecule has 6 rings (SSSR count). The highest BCUT2D eigenvalue weighted by molar-refractivity contribution is 7.90. The maximum absolute atomic E-state index is 13.2. The molecule has 10 heteroatoms. The zero-order valence-corrected chi connectivity index (χ0v) is 29.2. The van der Waals surface area contributed by atoms with Gasteiger partial charge in [0.05, 0.1) is 22.8 Å². The number of rotatable bonds is 9. The predicted octanol–water partition coefficient (Wildman–Crippen LogP) is 7.19. The predicted molar refractivity (Wildman–Crippen MR) is 190 cm³/mol. The number of hydrogen-bond acceptors (Lipinski definition) is 6. The van der Waals surface area contributed by atoms with Crippen molar-refractivity contribution in [3.8, 4) is 5.69 Å². The minimum atomic E-state index is -3.30. The molecule has 1 aromatic heterocycles. The fourth-order valence-electron chi connectivity index (χ4n) is 7.06. The first kappa shape index (κ1) is 33.6. The molecule has 2 atom stereocenters. The van der Waals surface area contributed by atoms with Gasteiger partial charge < -0.3 is 5.32 Å². The number of carbonyl (C=O) groups is 2. The van der Waals surface area contributed by atoms with E-state index >= 15 is 0 Å². The zero-order chi connectivity index (χ0) is 34.2. The largest absolute Gasteiger partial charge is 0.324 e. The number of sulfone groups is 1. The van der Waals surface area contributed by atoms with E-state index in [1.165, 1.54) is 24.0 Å². The van der Waals surface area contributed by atoms with Crippen molar-refractivity contribution in [3.05, 3.63) is 101 Å². The Balaban J connectivity index is 1.07. The third-order valence-electron chi connectivity index (χ3n) is 9.62. The lowest BCUT2D eigenvalue weighted by Gasteiger charge is -2.38. The normalized spacial score (nSPS) is 19.6. The topological polar surface area (TPSA) is 113 Å². The van der Waals surface area contributed by atoms with Gasteiger partial charge in [0.15, 0.2) is 15.6 Å². The molecule has 9 nitrogen and oxygen atoms in total. The molecule has 252 valence electrons. The highest BCUT2D eigenvalue weighted by Gasteiger charge is 2.41. The molecule has 3 aromatic carbocycles. The second-order valence-electron chi connectivity index (χ2n) is 14.5. The average molecular weight is 668 g/mol. The molecular formula is C38H45N5O4S. The lowest BCUT2D eigenvalue weighted by Crippen LogP contribution is -2.45. The van der Waals surface area contributed by atoms with Gasteiger partial charge in [0.1, 0.15) is 5.82 Å². The Morgan fingerprint density at radius 1 is 0.896 bits per heavy atom. The molecule has 2 aliphatic rings. The van der Waals surface area contributed by atoms with Gasteiger partial charge in [-0.05, 0) is 86.9 Å². The number of urea groups is 1. The van der Waals surface area contributed by atoms with E-state index in [0.717, 1.165) is 54.7 Å². The molecule has 0 spiro atoms. The molecule has 2 saturated heterocycles. The number of nitrogens with zero attached hydrogens (tertiary/aromatic N) is 3. The van der Waals surface area contributed by atoms with E-state index in [-0.39, 0.29) is 22.1 Å². The lowest BCUT2D eigenvalue weighted by molar-refractivity contribution is 0.0744. The van der Waals surface area contributed by atoms with Crippen LogP contribution in [-0.4, -0.2) is 59.8 Å². The van der Waals surface area contributed by atoms with Crippen molar-refractivity contribution in [1.29, 1.82) is 0 Å². The van der Waals surface area contributed by atoms with Crippen LogP contribution in [0.4, 0.5) is 16.3 Å². The summed E-state index contributed by atoms with van der Waals surface area (Å²) in [5.74, 6) is 1.12. The third-order valence-corrected chi connectivity index (χ3v) is 10.7. The summed E-state index contributed by atoms with van der Waals surface area (Å²) in [6.07, 6.45) is 6.29. The van der Waals surface area contributed by atoms with E-state index in [9.17, 15) is 18.0 Å². The van der Waals surface area contributed by atoms with Gasteiger partial charge in [-0.25, -0.2) is 17.9 Å². The van der Waals surface area contributed by atoms with Crippen LogP contribution in [-0.2, 0) is 21.7 Å². The number of piperidine rings is 1. The highest BCUT2D eigenvalue weighted by Crippen LogP contribution is 2.40. The summed E-state index contributed by atoms with van der Waals surface area (Å²) in [6, 6.07) is 24.7. The van der Waals surface area contributed by atoms with Crippen LogP contribution in [0.2, 0.25) is 0 Å². The molecule has 0 saturated carbocycles. The summed E-state index contributed by atoms with van der Waals surface area (Å²) < 4.78 is 25.4. The fourth-order valence-corrected chi connectivity index (χ4v) is 7.69. The molecule has 3 heterocycles. The van der Waals surface area contributed by atoms with Crippen molar-refractivity contribution < 1.29 is 18.0 Å². The Kier molecular flexibility index (Phi) is 9.33. The van der Waals surface area contributed by atoms with Gasteiger partial charge in [-0.3, -0.25) is 15.0 Å². The van der Waals surface area contributed by atoms with Crippen molar-refractivity contribution in [2.45, 2.75) is 82.2 Å². The first-order chi connectivity index (χ1) is 22.7. The first-order valence-corrected chi connectivity index (χ1v) is 18.6. The zero-order valence-electron chi connectivity index (χ0n) is 28.4. The van der Waals surface area contributed by atoms with E-state index in [1.54, 1.807) is 16.8 Å². The van der Waals surface area contributed by atoms with Crippen LogP contribution in [0, 0.1) is 12.8 Å². The number of carbonyl (C=O) groups excluding carboxylic acids is 2. The maximum atomic E-state index is 13.2. The number of aromatic nitrogens is 2. The summed E-state index contributed by atoms with van der Waals surface area (Å²) in [5.41, 5.74) is 5.18. The minimum Gasteiger partial charge on any atom is -0.308 e. The second-order valence-corrected chi connectivity index (χ2v) is 16.5. The lowest BCUT2D eigenvalue weighted by atomic mass is 9.85. The van der Waals surface area contributed by atoms with E-state index in [1.807, 2.05) is 49.4 Å². The minimum absolute atomic E-state index is 0.0269. The van der Waals surface area contributed by atoms with E-state index < -0.39 is 9.84 Å². The van der Waals surface area contributed by atoms with Crippen LogP contribution in [0.25, 0.3) is 5.69 Å². The summed E-state index contributed by atoms with van der Waals surface area (Å²) in [7, 11) is -3.30. The smallest absolute Gasteiger partial charge is 0.308 e. The number of nitrogens with one attached hydrogen (secondary N) is 2. The Bertz CT molecular complexity index is 1900. The van der Waals surface area contributed by atoms with E-state index in [4.69, 9.17) is 5.10 Å². The van der Waals surface area contributed by atoms with Crippen LogP contribution >= 0.6 is 0 Å². The van der Waals surface area contributed by atoms with Crippen LogP contribution in [0.3, 0.4) is 0 Å². The van der Waals surface area contributed by atoms with Crippen molar-refractivity contribution in [2.24, 2.45) is 5.92 Å². The summed E-state index contributed by atoms with van der Waals surface area (Å²) in [5, 5.41) is 10.9. The monoisotopic (exact) mass is 667 g/mol. The summed E-state index contributed by atoms with van der Waals surface area (Å²) >= 11 is 0. The molecule has 0 aliphatic carbocycles. The van der Waals surface area contributed by atoms with Crippen LogP contribution in [0.15, 0.2) is 83.8 Å². The van der Waals surface area contributed by atoms with Gasteiger partial charge in [-0.15, -0.1) is 0 Å². The van der Waals surface area contributed by atoms with Crippen LogP contribution < -0.4 is 10.6 Å². The number of benzene rings is 3. The maximum Gasteiger partial charge on any atom is 0.324 e. The molecule has 2 bridgehead atoms. The quantitative estimate of drug-likeness (QED) is 0.183. The molecule has 2 fully saturated rings. The molecule has 2 amide bonds. The molecular weight excluding hydrogens is 623 g/mol. The number of aryl methyl sites for hydroxylation is 1. The van der Waals surface area contributed by atoms with Gasteiger partial charge in [-0.2, -0.15) is 5.10 Å². The Morgan fingerprint density at radius 3 is 2.19 bits per heavy atom. The van der Waals surface area contributed by atoms with Crippen LogP contribution in [0.1, 0.15) is 73.6 Å². The molecule has 48 heavy (non-hydrogen) atoms. The van der Waals surface area contributed by atoms with Gasteiger partial charge in [0, 0.05) is 41.1 Å². The standard InChI is InChI=1S/C38H45N5O4S/c1-25-9-13-30(14-10-25)43-36(23-35(41-43)38(2,3)4)40-37(45)39-29-8-6-7-26(20-29)19-27-21-31-15-16-32(22-27)42(31)24-34(44)28-11-17-33(18-12-28)48(5,46)47/h6-14,17-18,20,23,27,31-32H,15-16,19,21-22,24H2,1-5H3,(H2,39,40,45). The first-order valence-electron chi connectivity index (χ1n) is 16.7. The molecule has 0 radical (unpaired) electrons. The second kappa shape index (κ2) is 13.3. The molecule has 2 aliphatic heterocycles. The number of hydrogen-bond donors (Lipinski definition) is 2. The Morgan fingerprint density at radius 2 is 1.56 bits per heavy atom. The number of anilines is 2. The van der Waals surface area contributed by atoms with Crippen molar-refractivity contribution >= 4 is 33.2 Å². The van der Waals surface area contributed by atoms with Crippen LogP contribution in [0.5, 0.6) is 0 Å². The summed E-state index contributed by atoms with van der Waals surface area (Å²) in [6.45, 7) is 8.70. The summed E-state index contributed by atoms with van der Waals surface area (Å²) in [4.78, 5) is 28.9. The average Bonchev–Trinajstić information content (AvgIpc) is 3.54.